The van der Waals surface area contributed by atoms with E-state index in [0.717, 1.165) is 12.1 Å². The summed E-state index contributed by atoms with van der Waals surface area (Å²) in [5, 5.41) is 2.50. The molecular formula is C31H35ClF3N3O5S. The fraction of sp³-hybridized carbons (Fsp3) is 0.355. The summed E-state index contributed by atoms with van der Waals surface area (Å²) in [7, 11) is -3.14. The van der Waals surface area contributed by atoms with Gasteiger partial charge >= 0.3 is 6.18 Å². The van der Waals surface area contributed by atoms with Crippen molar-refractivity contribution in [3.05, 3.63) is 88.9 Å². The molecule has 3 aromatic carbocycles. The van der Waals surface area contributed by atoms with Crippen LogP contribution in [0.3, 0.4) is 0 Å². The Kier molecular flexibility index (Phi) is 11.7. The number of carbonyl (C=O) groups excluding carboxylic acids is 2. The minimum absolute atomic E-state index is 0.112. The zero-order chi connectivity index (χ0) is 32.7. The Hall–Kier alpha value is -3.77. The van der Waals surface area contributed by atoms with Crippen molar-refractivity contribution in [3.63, 3.8) is 0 Å². The largest absolute Gasteiger partial charge is 0.497 e. The molecule has 238 valence electrons. The van der Waals surface area contributed by atoms with Crippen LogP contribution in [0.25, 0.3) is 0 Å². The molecule has 13 heteroatoms. The van der Waals surface area contributed by atoms with Gasteiger partial charge in [0.25, 0.3) is 10.0 Å². The monoisotopic (exact) mass is 653 g/mol. The average molecular weight is 654 g/mol. The third-order valence-corrected chi connectivity index (χ3v) is 8.80. The molecule has 1 atom stereocenters. The van der Waals surface area contributed by atoms with Crippen LogP contribution in [-0.2, 0) is 32.3 Å². The standard InChI is InChI=1S/C31H35ClF3N3O5S/c1-5-27(30(40)36-18-21(2)3)37(19-22-10-9-11-24(16-22)43-4)29(39)20-38(44(41,42)25-12-7-6-8-13-25)28-17-23(31(33,34)35)14-15-26(28)32/h6-17,21,27H,5,18-20H2,1-4H3,(H,36,40). The van der Waals surface area contributed by atoms with Gasteiger partial charge in [-0.15, -0.1) is 0 Å². The Morgan fingerprint density at radius 1 is 1.00 bits per heavy atom. The molecule has 44 heavy (non-hydrogen) atoms. The number of hydrogen-bond acceptors (Lipinski definition) is 5. The number of amides is 2. The van der Waals surface area contributed by atoms with Crippen LogP contribution < -0.4 is 14.4 Å². The van der Waals surface area contributed by atoms with Gasteiger partial charge in [0.2, 0.25) is 11.8 Å². The second kappa shape index (κ2) is 14.8. The molecule has 1 N–H and O–H groups in total. The normalized spacial score (nSPS) is 12.5. The van der Waals surface area contributed by atoms with E-state index in [1.54, 1.807) is 37.3 Å². The molecule has 3 aromatic rings. The van der Waals surface area contributed by atoms with E-state index in [1.807, 2.05) is 13.8 Å². The number of benzene rings is 3. The number of alkyl halides is 3. The molecule has 0 aliphatic rings. The van der Waals surface area contributed by atoms with Crippen LogP contribution in [0.15, 0.2) is 77.7 Å². The second-order valence-electron chi connectivity index (χ2n) is 10.4. The fourth-order valence-electron chi connectivity index (χ4n) is 4.42. The predicted molar refractivity (Wildman–Crippen MR) is 163 cm³/mol. The molecule has 0 saturated carbocycles. The zero-order valence-corrected chi connectivity index (χ0v) is 26.3. The van der Waals surface area contributed by atoms with Gasteiger partial charge < -0.3 is 15.0 Å². The van der Waals surface area contributed by atoms with Crippen molar-refractivity contribution in [1.29, 1.82) is 0 Å². The second-order valence-corrected chi connectivity index (χ2v) is 12.7. The molecule has 0 aliphatic heterocycles. The van der Waals surface area contributed by atoms with Gasteiger partial charge in [-0.2, -0.15) is 13.2 Å². The number of hydrogen-bond donors (Lipinski definition) is 1. The summed E-state index contributed by atoms with van der Waals surface area (Å²) in [4.78, 5) is 28.4. The first kappa shape index (κ1) is 34.7. The first-order chi connectivity index (χ1) is 20.7. The van der Waals surface area contributed by atoms with Crippen molar-refractivity contribution in [2.75, 3.05) is 24.5 Å². The van der Waals surface area contributed by atoms with E-state index in [9.17, 15) is 31.2 Å². The highest BCUT2D eigenvalue weighted by Crippen LogP contribution is 2.37. The molecule has 0 aromatic heterocycles. The maximum absolute atomic E-state index is 14.1. The zero-order valence-electron chi connectivity index (χ0n) is 24.8. The Labute approximate surface area is 260 Å². The molecular weight excluding hydrogens is 619 g/mol. The van der Waals surface area contributed by atoms with Gasteiger partial charge in [-0.1, -0.05) is 62.7 Å². The van der Waals surface area contributed by atoms with E-state index in [4.69, 9.17) is 16.3 Å². The molecule has 0 saturated heterocycles. The summed E-state index contributed by atoms with van der Waals surface area (Å²) in [5.74, 6) is -0.663. The molecule has 0 bridgehead atoms. The van der Waals surface area contributed by atoms with Crippen molar-refractivity contribution in [1.82, 2.24) is 10.2 Å². The van der Waals surface area contributed by atoms with Crippen molar-refractivity contribution < 1.29 is 35.9 Å². The molecule has 0 spiro atoms. The topological polar surface area (TPSA) is 96.0 Å². The molecule has 0 heterocycles. The third kappa shape index (κ3) is 8.66. The highest BCUT2D eigenvalue weighted by atomic mass is 35.5. The van der Waals surface area contributed by atoms with Gasteiger partial charge in [0.1, 0.15) is 18.3 Å². The molecule has 1 unspecified atom stereocenters. The summed E-state index contributed by atoms with van der Waals surface area (Å²) in [6.07, 6.45) is -4.64. The minimum atomic E-state index is -4.81. The van der Waals surface area contributed by atoms with Gasteiger partial charge in [-0.05, 0) is 60.4 Å². The van der Waals surface area contributed by atoms with Crippen molar-refractivity contribution >= 4 is 39.1 Å². The van der Waals surface area contributed by atoms with Crippen LogP contribution in [0.1, 0.15) is 38.3 Å². The highest BCUT2D eigenvalue weighted by molar-refractivity contribution is 7.92. The first-order valence-corrected chi connectivity index (χ1v) is 15.7. The minimum Gasteiger partial charge on any atom is -0.497 e. The summed E-state index contributed by atoms with van der Waals surface area (Å²) >= 11 is 6.30. The fourth-order valence-corrected chi connectivity index (χ4v) is 6.14. The summed E-state index contributed by atoms with van der Waals surface area (Å²) in [6, 6.07) is 15.0. The van der Waals surface area contributed by atoms with Crippen LogP contribution in [0.4, 0.5) is 18.9 Å². The van der Waals surface area contributed by atoms with Gasteiger partial charge in [0.05, 0.1) is 28.3 Å². The van der Waals surface area contributed by atoms with Gasteiger partial charge in [0.15, 0.2) is 0 Å². The number of sulfonamides is 1. The van der Waals surface area contributed by atoms with Gasteiger partial charge in [0, 0.05) is 13.1 Å². The van der Waals surface area contributed by atoms with E-state index in [2.05, 4.69) is 5.32 Å². The Morgan fingerprint density at radius 3 is 2.27 bits per heavy atom. The molecule has 0 fully saturated rings. The number of nitrogens with zero attached hydrogens (tertiary/aromatic N) is 2. The average Bonchev–Trinajstić information content (AvgIpc) is 2.98. The lowest BCUT2D eigenvalue weighted by Crippen LogP contribution is -2.52. The van der Waals surface area contributed by atoms with Crippen molar-refractivity contribution in [2.24, 2.45) is 5.92 Å². The summed E-state index contributed by atoms with van der Waals surface area (Å²) in [6.45, 7) is 4.81. The number of anilines is 1. The molecule has 0 aliphatic carbocycles. The maximum Gasteiger partial charge on any atom is 0.416 e. The van der Waals surface area contributed by atoms with E-state index in [1.165, 1.54) is 36.3 Å². The lowest BCUT2D eigenvalue weighted by atomic mass is 10.1. The van der Waals surface area contributed by atoms with E-state index in [-0.39, 0.29) is 28.8 Å². The molecule has 2 amide bonds. The summed E-state index contributed by atoms with van der Waals surface area (Å²) < 4.78 is 74.8. The van der Waals surface area contributed by atoms with E-state index >= 15 is 0 Å². The lowest BCUT2D eigenvalue weighted by molar-refractivity contribution is -0.140. The van der Waals surface area contributed by atoms with E-state index in [0.29, 0.717) is 28.2 Å². The van der Waals surface area contributed by atoms with Crippen LogP contribution in [-0.4, -0.2) is 51.4 Å². The SMILES string of the molecule is CCC(C(=O)NCC(C)C)N(Cc1cccc(OC)c1)C(=O)CN(c1cc(C(F)(F)F)ccc1Cl)S(=O)(=O)c1ccccc1. The smallest absolute Gasteiger partial charge is 0.416 e. The van der Waals surface area contributed by atoms with E-state index < -0.39 is 51.9 Å². The highest BCUT2D eigenvalue weighted by Gasteiger charge is 2.37. The van der Waals surface area contributed by atoms with Crippen LogP contribution in [0.2, 0.25) is 5.02 Å². The third-order valence-electron chi connectivity index (χ3n) is 6.71. The van der Waals surface area contributed by atoms with Gasteiger partial charge in [-0.3, -0.25) is 13.9 Å². The number of carbonyl (C=O) groups is 2. The number of nitrogens with one attached hydrogen (secondary N) is 1. The number of ether oxygens (including phenoxy) is 1. The lowest BCUT2D eigenvalue weighted by Gasteiger charge is -2.33. The number of methoxy groups -OCH3 is 1. The molecule has 3 rings (SSSR count). The number of rotatable bonds is 13. The molecule has 0 radical (unpaired) electrons. The van der Waals surface area contributed by atoms with Crippen molar-refractivity contribution in [3.8, 4) is 5.75 Å². The van der Waals surface area contributed by atoms with Crippen LogP contribution >= 0.6 is 11.6 Å². The summed E-state index contributed by atoms with van der Waals surface area (Å²) in [5.41, 5.74) is -1.09. The Bertz CT molecular complexity index is 1550. The quantitative estimate of drug-likeness (QED) is 0.239. The Morgan fingerprint density at radius 2 is 1.68 bits per heavy atom. The first-order valence-electron chi connectivity index (χ1n) is 13.8. The number of halogens is 4. The Balaban J connectivity index is 2.15. The van der Waals surface area contributed by atoms with Crippen LogP contribution in [0, 0.1) is 5.92 Å². The van der Waals surface area contributed by atoms with Crippen LogP contribution in [0.5, 0.6) is 5.75 Å². The van der Waals surface area contributed by atoms with Crippen molar-refractivity contribution in [2.45, 2.75) is 50.9 Å². The predicted octanol–water partition coefficient (Wildman–Crippen LogP) is 6.14. The maximum atomic E-state index is 14.1. The van der Waals surface area contributed by atoms with Gasteiger partial charge in [-0.25, -0.2) is 8.42 Å². The molecule has 8 nitrogen and oxygen atoms in total.